The lowest BCUT2D eigenvalue weighted by Gasteiger charge is -2.12. The van der Waals surface area contributed by atoms with Gasteiger partial charge in [-0.15, -0.1) is 21.5 Å². The third kappa shape index (κ3) is 4.55. The van der Waals surface area contributed by atoms with Gasteiger partial charge in [-0.25, -0.2) is 0 Å². The summed E-state index contributed by atoms with van der Waals surface area (Å²) in [6.45, 7) is 6.41. The summed E-state index contributed by atoms with van der Waals surface area (Å²) < 4.78 is 2.01. The highest BCUT2D eigenvalue weighted by atomic mass is 35.5. The van der Waals surface area contributed by atoms with Crippen LogP contribution in [0.3, 0.4) is 0 Å². The molecule has 5 rings (SSSR count). The number of rotatable bonds is 4. The van der Waals surface area contributed by atoms with Crippen molar-refractivity contribution in [3.8, 4) is 16.8 Å². The monoisotopic (exact) mass is 514 g/mol. The zero-order valence-electron chi connectivity index (χ0n) is 20.0. The largest absolute Gasteiger partial charge is 0.356 e. The number of aryl methyl sites for hydroxylation is 1. The van der Waals surface area contributed by atoms with Crippen molar-refractivity contribution in [2.45, 2.75) is 33.2 Å². The molecule has 0 fully saturated rings. The van der Waals surface area contributed by atoms with Gasteiger partial charge in [0.15, 0.2) is 5.82 Å². The summed E-state index contributed by atoms with van der Waals surface area (Å²) >= 11 is 7.76. The first-order chi connectivity index (χ1) is 17.5. The maximum Gasteiger partial charge on any atom is 0.222 e. The van der Waals surface area contributed by atoms with E-state index in [2.05, 4.69) is 39.3 Å². The molecule has 0 unspecified atom stereocenters. The third-order valence-corrected chi connectivity index (χ3v) is 7.30. The molecule has 1 amide bonds. The molecule has 1 N–H and O–H groups in total. The van der Waals surface area contributed by atoms with Crippen molar-refractivity contribution >= 4 is 34.6 Å². The average Bonchev–Trinajstić information content (AvgIpc) is 3.37. The Bertz CT molecular complexity index is 1530. The van der Waals surface area contributed by atoms with Gasteiger partial charge < -0.3 is 5.32 Å². The Labute approximate surface area is 218 Å². The predicted molar refractivity (Wildman–Crippen MR) is 142 cm³/mol. The van der Waals surface area contributed by atoms with E-state index in [1.54, 1.807) is 23.7 Å². The predicted octanol–water partition coefficient (Wildman–Crippen LogP) is 4.81. The third-order valence-electron chi connectivity index (χ3n) is 5.85. The highest BCUT2D eigenvalue weighted by Gasteiger charge is 2.32. The Morgan fingerprint density at radius 3 is 2.69 bits per heavy atom. The van der Waals surface area contributed by atoms with Gasteiger partial charge >= 0.3 is 0 Å². The van der Waals surface area contributed by atoms with Crippen LogP contribution >= 0.6 is 22.9 Å². The Balaban J connectivity index is 1.72. The van der Waals surface area contributed by atoms with Gasteiger partial charge in [-0.1, -0.05) is 35.6 Å². The molecular formula is C27H23ClN6OS. The molecular weight excluding hydrogens is 492 g/mol. The second-order valence-corrected chi connectivity index (χ2v) is 9.76. The van der Waals surface area contributed by atoms with Crippen LogP contribution in [0.25, 0.3) is 5.00 Å². The number of aromatic nitrogens is 4. The molecule has 4 heterocycles. The van der Waals surface area contributed by atoms with Crippen LogP contribution in [0.1, 0.15) is 58.2 Å². The Kier molecular flexibility index (Phi) is 6.68. The van der Waals surface area contributed by atoms with Crippen molar-refractivity contribution in [3.05, 3.63) is 92.6 Å². The van der Waals surface area contributed by atoms with Crippen LogP contribution in [-0.4, -0.2) is 37.9 Å². The molecule has 4 aromatic rings. The number of carbonyl (C=O) groups is 1. The lowest BCUT2D eigenvalue weighted by Crippen LogP contribution is -2.25. The van der Waals surface area contributed by atoms with Crippen LogP contribution in [0, 0.1) is 25.7 Å². The standard InChI is InChI=1S/C27H23ClN6OS/c1-4-30-23(35)14-21-26-33-32-17(3)34(26)27-24(25(31-21)19-8-10-20(28)11-9-19)16(2)22(36-27)12-7-18-6-5-13-29-15-18/h5-6,8-11,13,15,21H,4,14H2,1-3H3,(H,30,35)/t21-/m0/s1. The molecule has 0 spiro atoms. The molecule has 3 aromatic heterocycles. The summed E-state index contributed by atoms with van der Waals surface area (Å²) in [5, 5.41) is 13.3. The highest BCUT2D eigenvalue weighted by molar-refractivity contribution is 7.15. The molecule has 0 saturated carbocycles. The molecule has 0 aliphatic carbocycles. The maximum absolute atomic E-state index is 12.6. The summed E-state index contributed by atoms with van der Waals surface area (Å²) in [6.07, 6.45) is 3.65. The summed E-state index contributed by atoms with van der Waals surface area (Å²) in [6, 6.07) is 10.9. The smallest absolute Gasteiger partial charge is 0.222 e. The van der Waals surface area contributed by atoms with E-state index < -0.39 is 6.04 Å². The second-order valence-electron chi connectivity index (χ2n) is 8.33. The fraction of sp³-hybridized carbons (Fsp3) is 0.222. The molecule has 1 aliphatic heterocycles. The first-order valence-corrected chi connectivity index (χ1v) is 12.7. The van der Waals surface area contributed by atoms with Gasteiger partial charge in [-0.2, -0.15) is 0 Å². The van der Waals surface area contributed by atoms with E-state index in [0.29, 0.717) is 17.4 Å². The van der Waals surface area contributed by atoms with E-state index in [1.165, 1.54) is 0 Å². The molecule has 0 radical (unpaired) electrons. The van der Waals surface area contributed by atoms with E-state index in [9.17, 15) is 4.79 Å². The lowest BCUT2D eigenvalue weighted by atomic mass is 9.99. The number of aliphatic imine (C=N–C) groups is 1. The van der Waals surface area contributed by atoms with Crippen LogP contribution in [0.15, 0.2) is 53.8 Å². The van der Waals surface area contributed by atoms with Crippen molar-refractivity contribution < 1.29 is 4.79 Å². The summed E-state index contributed by atoms with van der Waals surface area (Å²) in [5.41, 5.74) is 4.50. The zero-order chi connectivity index (χ0) is 25.2. The van der Waals surface area contributed by atoms with Crippen LogP contribution in [0.2, 0.25) is 5.02 Å². The van der Waals surface area contributed by atoms with Crippen molar-refractivity contribution in [3.63, 3.8) is 0 Å². The number of nitrogens with one attached hydrogen (secondary N) is 1. The molecule has 0 bridgehead atoms. The molecule has 7 nitrogen and oxygen atoms in total. The van der Waals surface area contributed by atoms with Crippen LogP contribution in [-0.2, 0) is 4.79 Å². The van der Waals surface area contributed by atoms with E-state index in [4.69, 9.17) is 16.6 Å². The number of pyridine rings is 1. The number of carbonyl (C=O) groups excluding carboxylic acids is 1. The van der Waals surface area contributed by atoms with Crippen molar-refractivity contribution in [1.29, 1.82) is 0 Å². The number of benzene rings is 1. The SMILES string of the molecule is CCNC(=O)C[C@@H]1N=C(c2ccc(Cl)cc2)c2c(sc(C#Cc3cccnc3)c2C)-n2c(C)nnc21. The fourth-order valence-electron chi connectivity index (χ4n) is 4.15. The Hall–Kier alpha value is -3.80. The first-order valence-electron chi connectivity index (χ1n) is 11.5. The van der Waals surface area contributed by atoms with Gasteiger partial charge in [-0.3, -0.25) is 19.3 Å². The van der Waals surface area contributed by atoms with Gasteiger partial charge in [0.2, 0.25) is 5.91 Å². The summed E-state index contributed by atoms with van der Waals surface area (Å²) in [4.78, 5) is 22.8. The van der Waals surface area contributed by atoms with E-state index >= 15 is 0 Å². The first kappa shape index (κ1) is 23.9. The normalized spacial score (nSPS) is 14.1. The molecule has 1 atom stereocenters. The van der Waals surface area contributed by atoms with Gasteiger partial charge in [0.05, 0.1) is 17.0 Å². The number of fused-ring (bicyclic) bond motifs is 3. The summed E-state index contributed by atoms with van der Waals surface area (Å²) in [5.74, 6) is 7.82. The minimum Gasteiger partial charge on any atom is -0.356 e. The van der Waals surface area contributed by atoms with Gasteiger partial charge in [0.25, 0.3) is 0 Å². The number of halogens is 1. The Morgan fingerprint density at radius 1 is 1.17 bits per heavy atom. The minimum absolute atomic E-state index is 0.0843. The highest BCUT2D eigenvalue weighted by Crippen LogP contribution is 2.39. The van der Waals surface area contributed by atoms with Crippen molar-refractivity contribution in [2.75, 3.05) is 6.54 Å². The number of nitrogens with zero attached hydrogens (tertiary/aromatic N) is 5. The van der Waals surface area contributed by atoms with Crippen molar-refractivity contribution in [1.82, 2.24) is 25.1 Å². The van der Waals surface area contributed by atoms with Gasteiger partial charge in [0, 0.05) is 40.7 Å². The van der Waals surface area contributed by atoms with Gasteiger partial charge in [0.1, 0.15) is 16.9 Å². The molecule has 1 aliphatic rings. The quantitative estimate of drug-likeness (QED) is 0.396. The van der Waals surface area contributed by atoms with E-state index in [-0.39, 0.29) is 12.3 Å². The van der Waals surface area contributed by atoms with E-state index in [0.717, 1.165) is 43.7 Å². The van der Waals surface area contributed by atoms with Crippen LogP contribution in [0.5, 0.6) is 0 Å². The molecule has 36 heavy (non-hydrogen) atoms. The Morgan fingerprint density at radius 2 is 1.97 bits per heavy atom. The minimum atomic E-state index is -0.493. The zero-order valence-corrected chi connectivity index (χ0v) is 21.6. The average molecular weight is 515 g/mol. The van der Waals surface area contributed by atoms with Crippen LogP contribution in [0.4, 0.5) is 0 Å². The van der Waals surface area contributed by atoms with Gasteiger partial charge in [-0.05, 0) is 50.6 Å². The fourth-order valence-corrected chi connectivity index (χ4v) is 5.50. The maximum atomic E-state index is 12.6. The lowest BCUT2D eigenvalue weighted by molar-refractivity contribution is -0.121. The number of hydrogen-bond donors (Lipinski definition) is 1. The number of thiophene rings is 1. The summed E-state index contributed by atoms with van der Waals surface area (Å²) in [7, 11) is 0. The van der Waals surface area contributed by atoms with Crippen LogP contribution < -0.4 is 5.32 Å². The molecule has 180 valence electrons. The molecule has 1 aromatic carbocycles. The van der Waals surface area contributed by atoms with E-state index in [1.807, 2.05) is 54.8 Å². The topological polar surface area (TPSA) is 85.1 Å². The van der Waals surface area contributed by atoms with Crippen molar-refractivity contribution in [2.24, 2.45) is 4.99 Å². The second kappa shape index (κ2) is 10.1. The number of hydrogen-bond acceptors (Lipinski definition) is 6. The molecule has 9 heteroatoms. The molecule has 0 saturated heterocycles. The number of amides is 1.